The van der Waals surface area contributed by atoms with E-state index in [9.17, 15) is 8.42 Å². The first-order chi connectivity index (χ1) is 10.9. The zero-order valence-corrected chi connectivity index (χ0v) is 17.7. The topological polar surface area (TPSA) is 96.6 Å². The van der Waals surface area contributed by atoms with Crippen molar-refractivity contribution in [2.24, 2.45) is 16.0 Å². The molecule has 0 unspecified atom stereocenters. The minimum absolute atomic E-state index is 0. The predicted octanol–water partition coefficient (Wildman–Crippen LogP) is 2.10. The highest BCUT2D eigenvalue weighted by Gasteiger charge is 2.07. The summed E-state index contributed by atoms with van der Waals surface area (Å²) >= 11 is 0. The van der Waals surface area contributed by atoms with Crippen molar-refractivity contribution in [1.82, 2.24) is 10.6 Å². The van der Waals surface area contributed by atoms with Crippen LogP contribution in [0.15, 0.2) is 34.2 Å². The largest absolute Gasteiger partial charge is 0.356 e. The molecular weight excluding hydrogens is 439 g/mol. The highest BCUT2D eigenvalue weighted by molar-refractivity contribution is 14.0. The molecule has 4 N–H and O–H groups in total. The SMILES string of the molecule is CCC(CC)CNC(=NC)NCCc1ccc(S(N)(=O)=O)cc1.I. The Hall–Kier alpha value is -0.870. The molecule has 0 bridgehead atoms. The molecule has 24 heavy (non-hydrogen) atoms. The quantitative estimate of drug-likeness (QED) is 0.309. The number of hydrogen-bond donors (Lipinski definition) is 3. The van der Waals surface area contributed by atoms with Gasteiger partial charge in [-0.05, 0) is 30.0 Å². The van der Waals surface area contributed by atoms with Gasteiger partial charge in [-0.2, -0.15) is 0 Å². The lowest BCUT2D eigenvalue weighted by Gasteiger charge is -2.16. The second-order valence-electron chi connectivity index (χ2n) is 5.50. The van der Waals surface area contributed by atoms with Crippen LogP contribution in [0.2, 0.25) is 0 Å². The molecule has 6 nitrogen and oxygen atoms in total. The van der Waals surface area contributed by atoms with Crippen LogP contribution in [0.5, 0.6) is 0 Å². The highest BCUT2D eigenvalue weighted by atomic mass is 127. The lowest BCUT2D eigenvalue weighted by molar-refractivity contribution is 0.481. The monoisotopic (exact) mass is 468 g/mol. The smallest absolute Gasteiger partial charge is 0.238 e. The highest BCUT2D eigenvalue weighted by Crippen LogP contribution is 2.09. The zero-order chi connectivity index (χ0) is 17.3. The number of guanidine groups is 1. The van der Waals surface area contributed by atoms with Crippen molar-refractivity contribution in [3.63, 3.8) is 0 Å². The lowest BCUT2D eigenvalue weighted by atomic mass is 10.0. The number of nitrogens with zero attached hydrogens (tertiary/aromatic N) is 1. The molecule has 0 spiro atoms. The Kier molecular flexibility index (Phi) is 11.2. The van der Waals surface area contributed by atoms with E-state index >= 15 is 0 Å². The maximum atomic E-state index is 11.2. The Balaban J connectivity index is 0.00000529. The number of benzene rings is 1. The molecule has 0 heterocycles. The van der Waals surface area contributed by atoms with E-state index in [4.69, 9.17) is 5.14 Å². The number of nitrogens with two attached hydrogens (primary N) is 1. The van der Waals surface area contributed by atoms with Crippen LogP contribution < -0.4 is 15.8 Å². The Bertz CT molecular complexity index is 599. The van der Waals surface area contributed by atoms with E-state index in [1.807, 2.05) is 0 Å². The molecule has 8 heteroatoms. The third-order valence-corrected chi connectivity index (χ3v) is 4.82. The maximum absolute atomic E-state index is 11.2. The third-order valence-electron chi connectivity index (χ3n) is 3.89. The van der Waals surface area contributed by atoms with Gasteiger partial charge < -0.3 is 10.6 Å². The molecule has 1 aromatic rings. The Labute approximate surface area is 162 Å². The molecule has 0 fully saturated rings. The Morgan fingerprint density at radius 3 is 2.21 bits per heavy atom. The van der Waals surface area contributed by atoms with Gasteiger partial charge in [0.05, 0.1) is 4.90 Å². The fraction of sp³-hybridized carbons (Fsp3) is 0.562. The van der Waals surface area contributed by atoms with E-state index < -0.39 is 10.0 Å². The van der Waals surface area contributed by atoms with Gasteiger partial charge in [-0.25, -0.2) is 13.6 Å². The number of hydrogen-bond acceptors (Lipinski definition) is 3. The normalized spacial score (nSPS) is 12.0. The van der Waals surface area contributed by atoms with E-state index in [1.165, 1.54) is 12.1 Å². The van der Waals surface area contributed by atoms with Crippen LogP contribution in [0.3, 0.4) is 0 Å². The summed E-state index contributed by atoms with van der Waals surface area (Å²) < 4.78 is 22.4. The van der Waals surface area contributed by atoms with Crippen molar-refractivity contribution in [3.8, 4) is 0 Å². The van der Waals surface area contributed by atoms with Crippen molar-refractivity contribution in [1.29, 1.82) is 0 Å². The number of halogens is 1. The van der Waals surface area contributed by atoms with Crippen molar-refractivity contribution >= 4 is 40.0 Å². The molecule has 0 saturated heterocycles. The average Bonchev–Trinajstić information content (AvgIpc) is 2.53. The van der Waals surface area contributed by atoms with Crippen molar-refractivity contribution in [3.05, 3.63) is 29.8 Å². The molecule has 1 aromatic carbocycles. The molecule has 0 aromatic heterocycles. The molecular formula is C16H29IN4O2S. The first kappa shape index (κ1) is 23.1. The van der Waals surface area contributed by atoms with Gasteiger partial charge >= 0.3 is 0 Å². The number of primary sulfonamides is 1. The van der Waals surface area contributed by atoms with Gasteiger partial charge in [0.1, 0.15) is 0 Å². The number of sulfonamides is 1. The molecule has 0 amide bonds. The number of nitrogens with one attached hydrogen (secondary N) is 2. The summed E-state index contributed by atoms with van der Waals surface area (Å²) in [6.07, 6.45) is 3.07. The molecule has 0 radical (unpaired) electrons. The fourth-order valence-corrected chi connectivity index (χ4v) is 2.73. The van der Waals surface area contributed by atoms with Crippen LogP contribution in [0, 0.1) is 5.92 Å². The second-order valence-corrected chi connectivity index (χ2v) is 7.06. The minimum atomic E-state index is -3.62. The van der Waals surface area contributed by atoms with E-state index in [0.29, 0.717) is 5.92 Å². The summed E-state index contributed by atoms with van der Waals surface area (Å²) in [4.78, 5) is 4.34. The number of aliphatic imine (C=N–C) groups is 1. The summed E-state index contributed by atoms with van der Waals surface area (Å²) in [7, 11) is -1.87. The standard InChI is InChI=1S/C16H28N4O2S.HI/c1-4-13(5-2)12-20-16(18-3)19-11-10-14-6-8-15(9-7-14)23(17,21)22;/h6-9,13H,4-5,10-12H2,1-3H3,(H2,17,21,22)(H2,18,19,20);1H. The molecule has 0 aliphatic rings. The van der Waals surface area contributed by atoms with Gasteiger partial charge in [-0.15, -0.1) is 24.0 Å². The van der Waals surface area contributed by atoms with E-state index in [-0.39, 0.29) is 28.9 Å². The first-order valence-electron chi connectivity index (χ1n) is 7.96. The second kappa shape index (κ2) is 11.6. The van der Waals surface area contributed by atoms with Crippen LogP contribution in [0.1, 0.15) is 32.3 Å². The molecule has 0 aliphatic heterocycles. The van der Waals surface area contributed by atoms with Crippen LogP contribution in [0.4, 0.5) is 0 Å². The average molecular weight is 468 g/mol. The zero-order valence-electron chi connectivity index (χ0n) is 14.6. The number of rotatable bonds is 8. The lowest BCUT2D eigenvalue weighted by Crippen LogP contribution is -2.40. The van der Waals surface area contributed by atoms with E-state index in [0.717, 1.165) is 43.9 Å². The van der Waals surface area contributed by atoms with Gasteiger partial charge in [0, 0.05) is 20.1 Å². The summed E-state index contributed by atoms with van der Waals surface area (Å²) in [6, 6.07) is 6.62. The van der Waals surface area contributed by atoms with Crippen molar-refractivity contribution in [2.45, 2.75) is 38.0 Å². The van der Waals surface area contributed by atoms with Gasteiger partial charge in [-0.1, -0.05) is 38.8 Å². The summed E-state index contributed by atoms with van der Waals surface area (Å²) in [5, 5.41) is 11.7. The molecule has 138 valence electrons. The minimum Gasteiger partial charge on any atom is -0.356 e. The summed E-state index contributed by atoms with van der Waals surface area (Å²) in [5.41, 5.74) is 1.04. The predicted molar refractivity (Wildman–Crippen MR) is 110 cm³/mol. The van der Waals surface area contributed by atoms with Gasteiger partial charge in [0.15, 0.2) is 5.96 Å². The molecule has 0 atom stereocenters. The van der Waals surface area contributed by atoms with Crippen molar-refractivity contribution in [2.75, 3.05) is 20.1 Å². The van der Waals surface area contributed by atoms with Gasteiger partial charge in [0.2, 0.25) is 10.0 Å². The van der Waals surface area contributed by atoms with Crippen LogP contribution in [-0.4, -0.2) is 34.5 Å². The van der Waals surface area contributed by atoms with Crippen LogP contribution >= 0.6 is 24.0 Å². The van der Waals surface area contributed by atoms with Gasteiger partial charge in [-0.3, -0.25) is 4.99 Å². The Morgan fingerprint density at radius 1 is 1.17 bits per heavy atom. The van der Waals surface area contributed by atoms with Crippen LogP contribution in [0.25, 0.3) is 0 Å². The fourth-order valence-electron chi connectivity index (χ4n) is 2.21. The summed E-state index contributed by atoms with van der Waals surface area (Å²) in [5.74, 6) is 1.44. The molecule has 1 rings (SSSR count). The summed E-state index contributed by atoms with van der Waals surface area (Å²) in [6.45, 7) is 6.02. The molecule has 0 aliphatic carbocycles. The third kappa shape index (κ3) is 8.29. The van der Waals surface area contributed by atoms with E-state index in [1.54, 1.807) is 19.2 Å². The van der Waals surface area contributed by atoms with Crippen LogP contribution in [-0.2, 0) is 16.4 Å². The van der Waals surface area contributed by atoms with E-state index in [2.05, 4.69) is 29.5 Å². The maximum Gasteiger partial charge on any atom is 0.238 e. The first-order valence-corrected chi connectivity index (χ1v) is 9.51. The molecule has 0 saturated carbocycles. The van der Waals surface area contributed by atoms with Crippen molar-refractivity contribution < 1.29 is 8.42 Å². The van der Waals surface area contributed by atoms with Gasteiger partial charge in [0.25, 0.3) is 0 Å². The Morgan fingerprint density at radius 2 is 1.75 bits per heavy atom.